The molecule has 0 aliphatic carbocycles. The van der Waals surface area contributed by atoms with E-state index >= 15 is 0 Å². The van der Waals surface area contributed by atoms with Gasteiger partial charge in [0, 0.05) is 24.7 Å². The monoisotopic (exact) mass is 251 g/mol. The van der Waals surface area contributed by atoms with Crippen molar-refractivity contribution in [2.45, 2.75) is 26.4 Å². The van der Waals surface area contributed by atoms with Crippen molar-refractivity contribution in [3.05, 3.63) is 39.9 Å². The Kier molecular flexibility index (Phi) is 4.79. The molecule has 0 atom stereocenters. The zero-order chi connectivity index (χ0) is 13.7. The van der Waals surface area contributed by atoms with Gasteiger partial charge in [-0.25, -0.2) is 0 Å². The van der Waals surface area contributed by atoms with Crippen molar-refractivity contribution in [1.82, 2.24) is 4.90 Å². The van der Waals surface area contributed by atoms with Gasteiger partial charge in [0.15, 0.2) is 0 Å². The number of carbonyl (C=O) groups excluding carboxylic acids is 1. The zero-order valence-electron chi connectivity index (χ0n) is 10.5. The summed E-state index contributed by atoms with van der Waals surface area (Å²) < 4.78 is 0. The smallest absolute Gasteiger partial charge is 0.269 e. The highest BCUT2D eigenvalue weighted by molar-refractivity contribution is 5.78. The third kappa shape index (κ3) is 3.53. The number of nitrogens with two attached hydrogens (primary N) is 1. The van der Waals surface area contributed by atoms with Crippen LogP contribution >= 0.6 is 0 Å². The molecule has 0 heterocycles. The molecule has 0 aliphatic rings. The van der Waals surface area contributed by atoms with E-state index in [0.717, 1.165) is 5.56 Å². The van der Waals surface area contributed by atoms with Crippen LogP contribution in [0, 0.1) is 10.1 Å². The molecule has 1 aromatic rings. The maximum absolute atomic E-state index is 11.6. The molecule has 0 saturated carbocycles. The Morgan fingerprint density at radius 2 is 2.17 bits per heavy atom. The van der Waals surface area contributed by atoms with Gasteiger partial charge in [0.05, 0.1) is 11.5 Å². The highest BCUT2D eigenvalue weighted by Crippen LogP contribution is 2.15. The first kappa shape index (κ1) is 14.1. The number of hydrogen-bond donors (Lipinski definition) is 1. The van der Waals surface area contributed by atoms with E-state index in [0.29, 0.717) is 6.54 Å². The standard InChI is InChI=1S/C12H17N3O3/c1-9(2)14(12(16)7-13)8-10-4-3-5-11(6-10)15(17)18/h3-6,9H,7-8,13H2,1-2H3. The van der Waals surface area contributed by atoms with Gasteiger partial charge in [-0.1, -0.05) is 12.1 Å². The van der Waals surface area contributed by atoms with Crippen LogP contribution in [0.3, 0.4) is 0 Å². The maximum atomic E-state index is 11.6. The molecule has 0 aromatic heterocycles. The number of rotatable bonds is 5. The third-order valence-corrected chi connectivity index (χ3v) is 2.59. The van der Waals surface area contributed by atoms with Crippen molar-refractivity contribution in [2.24, 2.45) is 5.73 Å². The lowest BCUT2D eigenvalue weighted by Crippen LogP contribution is -2.40. The normalized spacial score (nSPS) is 10.4. The minimum Gasteiger partial charge on any atom is -0.335 e. The molecule has 18 heavy (non-hydrogen) atoms. The van der Waals surface area contributed by atoms with Crippen molar-refractivity contribution in [2.75, 3.05) is 6.54 Å². The van der Waals surface area contributed by atoms with Crippen LogP contribution in [0.15, 0.2) is 24.3 Å². The first-order valence-electron chi connectivity index (χ1n) is 5.68. The van der Waals surface area contributed by atoms with Crippen LogP contribution in [-0.2, 0) is 11.3 Å². The summed E-state index contributed by atoms with van der Waals surface area (Å²) in [4.78, 5) is 23.5. The lowest BCUT2D eigenvalue weighted by Gasteiger charge is -2.26. The number of benzene rings is 1. The highest BCUT2D eigenvalue weighted by Gasteiger charge is 2.16. The molecule has 0 spiro atoms. The average Bonchev–Trinajstić information content (AvgIpc) is 2.35. The molecule has 6 heteroatoms. The van der Waals surface area contributed by atoms with E-state index < -0.39 is 4.92 Å². The van der Waals surface area contributed by atoms with E-state index in [1.807, 2.05) is 13.8 Å². The van der Waals surface area contributed by atoms with Crippen molar-refractivity contribution in [3.63, 3.8) is 0 Å². The summed E-state index contributed by atoms with van der Waals surface area (Å²) in [6.45, 7) is 4.03. The quantitative estimate of drug-likeness (QED) is 0.630. The Labute approximate surface area is 106 Å². The number of nitro benzene ring substituents is 1. The Balaban J connectivity index is 2.90. The minimum absolute atomic E-state index is 0.000289. The van der Waals surface area contributed by atoms with Crippen LogP contribution < -0.4 is 5.73 Å². The second-order valence-electron chi connectivity index (χ2n) is 4.25. The average molecular weight is 251 g/mol. The van der Waals surface area contributed by atoms with Gasteiger partial charge >= 0.3 is 0 Å². The summed E-state index contributed by atoms with van der Waals surface area (Å²) >= 11 is 0. The summed E-state index contributed by atoms with van der Waals surface area (Å²) in [5.41, 5.74) is 6.09. The van der Waals surface area contributed by atoms with Crippen LogP contribution in [0.2, 0.25) is 0 Å². The van der Waals surface area contributed by atoms with Crippen LogP contribution in [0.5, 0.6) is 0 Å². The molecular formula is C12H17N3O3. The van der Waals surface area contributed by atoms with Crippen molar-refractivity contribution < 1.29 is 9.72 Å². The fourth-order valence-electron chi connectivity index (χ4n) is 1.64. The Hall–Kier alpha value is -1.95. The van der Waals surface area contributed by atoms with Gasteiger partial charge in [-0.2, -0.15) is 0 Å². The van der Waals surface area contributed by atoms with E-state index in [4.69, 9.17) is 5.73 Å². The number of hydrogen-bond acceptors (Lipinski definition) is 4. The molecule has 1 rings (SSSR count). The Bertz CT molecular complexity index is 446. The van der Waals surface area contributed by atoms with Crippen LogP contribution in [0.25, 0.3) is 0 Å². The summed E-state index contributed by atoms with van der Waals surface area (Å²) in [5.74, 6) is -0.170. The zero-order valence-corrected chi connectivity index (χ0v) is 10.5. The van der Waals surface area contributed by atoms with E-state index in [2.05, 4.69) is 0 Å². The number of carbonyl (C=O) groups is 1. The molecule has 98 valence electrons. The largest absolute Gasteiger partial charge is 0.335 e. The molecule has 0 aliphatic heterocycles. The molecule has 0 radical (unpaired) electrons. The van der Waals surface area contributed by atoms with Crippen molar-refractivity contribution >= 4 is 11.6 Å². The van der Waals surface area contributed by atoms with Gasteiger partial charge in [-0.3, -0.25) is 14.9 Å². The molecule has 0 fully saturated rings. The third-order valence-electron chi connectivity index (χ3n) is 2.59. The summed E-state index contributed by atoms with van der Waals surface area (Å²) in [5, 5.41) is 10.7. The predicted molar refractivity (Wildman–Crippen MR) is 67.8 cm³/mol. The SMILES string of the molecule is CC(C)N(Cc1cccc([N+](=O)[O-])c1)C(=O)CN. The molecule has 2 N–H and O–H groups in total. The maximum Gasteiger partial charge on any atom is 0.269 e. The van der Waals surface area contributed by atoms with Crippen molar-refractivity contribution in [1.29, 1.82) is 0 Å². The number of non-ortho nitro benzene ring substituents is 1. The molecule has 1 aromatic carbocycles. The first-order chi connectivity index (χ1) is 8.45. The lowest BCUT2D eigenvalue weighted by atomic mass is 10.1. The molecule has 0 unspecified atom stereocenters. The Morgan fingerprint density at radius 1 is 1.50 bits per heavy atom. The van der Waals surface area contributed by atoms with Gasteiger partial charge in [0.1, 0.15) is 0 Å². The van der Waals surface area contributed by atoms with Crippen LogP contribution in [0.4, 0.5) is 5.69 Å². The van der Waals surface area contributed by atoms with Gasteiger partial charge in [-0.15, -0.1) is 0 Å². The summed E-state index contributed by atoms with van der Waals surface area (Å²) in [6.07, 6.45) is 0. The molecule has 1 amide bonds. The topological polar surface area (TPSA) is 89.5 Å². The second-order valence-corrected chi connectivity index (χ2v) is 4.25. The van der Waals surface area contributed by atoms with Crippen LogP contribution in [-0.4, -0.2) is 28.3 Å². The van der Waals surface area contributed by atoms with Gasteiger partial charge in [0.25, 0.3) is 5.69 Å². The van der Waals surface area contributed by atoms with Crippen molar-refractivity contribution in [3.8, 4) is 0 Å². The van der Waals surface area contributed by atoms with E-state index in [-0.39, 0.29) is 24.2 Å². The molecule has 6 nitrogen and oxygen atoms in total. The molecular weight excluding hydrogens is 234 g/mol. The number of amides is 1. The number of nitro groups is 1. The van der Waals surface area contributed by atoms with Gasteiger partial charge in [0.2, 0.25) is 5.91 Å². The van der Waals surface area contributed by atoms with Gasteiger partial charge in [-0.05, 0) is 19.4 Å². The lowest BCUT2D eigenvalue weighted by molar-refractivity contribution is -0.384. The fraction of sp³-hybridized carbons (Fsp3) is 0.417. The predicted octanol–water partition coefficient (Wildman–Crippen LogP) is 1.29. The highest BCUT2D eigenvalue weighted by atomic mass is 16.6. The second kappa shape index (κ2) is 6.11. The van der Waals surface area contributed by atoms with Crippen LogP contribution in [0.1, 0.15) is 19.4 Å². The molecule has 0 bridgehead atoms. The number of nitrogens with zero attached hydrogens (tertiary/aromatic N) is 2. The first-order valence-corrected chi connectivity index (χ1v) is 5.68. The fourth-order valence-corrected chi connectivity index (χ4v) is 1.64. The van der Waals surface area contributed by atoms with E-state index in [1.54, 1.807) is 17.0 Å². The summed E-state index contributed by atoms with van der Waals surface area (Å²) in [7, 11) is 0. The Morgan fingerprint density at radius 3 is 2.67 bits per heavy atom. The van der Waals surface area contributed by atoms with E-state index in [1.165, 1.54) is 12.1 Å². The molecule has 0 saturated heterocycles. The van der Waals surface area contributed by atoms with E-state index in [9.17, 15) is 14.9 Å². The van der Waals surface area contributed by atoms with Gasteiger partial charge < -0.3 is 10.6 Å². The minimum atomic E-state index is -0.450. The summed E-state index contributed by atoms with van der Waals surface area (Å²) in [6, 6.07) is 6.26.